The number of carbonyl (C=O) groups is 2. The van der Waals surface area contributed by atoms with E-state index in [0.717, 1.165) is 15.9 Å². The molecule has 0 bridgehead atoms. The fourth-order valence-electron chi connectivity index (χ4n) is 3.96. The van der Waals surface area contributed by atoms with Gasteiger partial charge in [-0.25, -0.2) is 12.8 Å². The second-order valence-electron chi connectivity index (χ2n) is 8.41. The molecule has 0 saturated carbocycles. The first kappa shape index (κ1) is 25.9. The van der Waals surface area contributed by atoms with E-state index in [1.807, 2.05) is 0 Å². The molecule has 0 radical (unpaired) electrons. The summed E-state index contributed by atoms with van der Waals surface area (Å²) in [7, 11) is -4.41. The zero-order chi connectivity index (χ0) is 26.2. The van der Waals surface area contributed by atoms with E-state index in [-0.39, 0.29) is 22.8 Å². The number of sulfonamides is 1. The number of nitrogens with one attached hydrogen (secondary N) is 2. The number of fused-ring (bicyclic) bond motifs is 1. The molecule has 0 aromatic heterocycles. The smallest absolute Gasteiger partial charge is 0.265 e. The van der Waals surface area contributed by atoms with Gasteiger partial charge in [-0.3, -0.25) is 13.9 Å². The van der Waals surface area contributed by atoms with Gasteiger partial charge in [-0.15, -0.1) is 0 Å². The minimum Gasteiger partial charge on any atom is -0.352 e. The van der Waals surface area contributed by atoms with Crippen LogP contribution in [0.15, 0.2) is 59.5 Å². The number of halogens is 3. The summed E-state index contributed by atoms with van der Waals surface area (Å²) in [6.45, 7) is 3.37. The lowest BCUT2D eigenvalue weighted by atomic mass is 10.1. The van der Waals surface area contributed by atoms with Crippen LogP contribution in [-0.2, 0) is 26.2 Å². The molecule has 11 heteroatoms. The molecule has 7 nitrogen and oxygen atoms in total. The van der Waals surface area contributed by atoms with Crippen molar-refractivity contribution in [1.29, 1.82) is 0 Å². The largest absolute Gasteiger partial charge is 0.352 e. The molecule has 36 heavy (non-hydrogen) atoms. The molecular weight excluding hydrogens is 528 g/mol. The minimum absolute atomic E-state index is 0.0721. The van der Waals surface area contributed by atoms with Crippen molar-refractivity contribution in [3.05, 3.63) is 87.2 Å². The molecule has 1 unspecified atom stereocenters. The van der Waals surface area contributed by atoms with Crippen LogP contribution in [0.1, 0.15) is 23.1 Å². The zero-order valence-electron chi connectivity index (χ0n) is 19.3. The van der Waals surface area contributed by atoms with Gasteiger partial charge in [0.25, 0.3) is 10.0 Å². The lowest BCUT2D eigenvalue weighted by Gasteiger charge is -2.37. The predicted octanol–water partition coefficient (Wildman–Crippen LogP) is 4.97. The molecule has 1 atom stereocenters. The number of rotatable bonds is 6. The molecular formula is C25H22Cl2FN3O4S. The molecule has 188 valence electrons. The van der Waals surface area contributed by atoms with E-state index in [1.165, 1.54) is 24.3 Å². The molecule has 0 aliphatic carbocycles. The normalized spacial score (nSPS) is 15.3. The van der Waals surface area contributed by atoms with E-state index in [4.69, 9.17) is 23.2 Å². The average Bonchev–Trinajstić information content (AvgIpc) is 2.82. The molecule has 0 saturated heterocycles. The minimum atomic E-state index is -4.41. The Morgan fingerprint density at radius 1 is 1.08 bits per heavy atom. The lowest BCUT2D eigenvalue weighted by Crippen LogP contribution is -2.53. The molecule has 0 spiro atoms. The van der Waals surface area contributed by atoms with Crippen LogP contribution in [0.4, 0.5) is 15.8 Å². The Balaban J connectivity index is 1.72. The Bertz CT molecular complexity index is 1460. The van der Waals surface area contributed by atoms with Crippen molar-refractivity contribution in [3.63, 3.8) is 0 Å². The molecule has 1 heterocycles. The van der Waals surface area contributed by atoms with Crippen LogP contribution >= 0.6 is 23.2 Å². The molecule has 2 N–H and O–H groups in total. The number of amides is 2. The van der Waals surface area contributed by atoms with Crippen LogP contribution in [0.3, 0.4) is 0 Å². The molecule has 3 aromatic rings. The Labute approximate surface area is 218 Å². The third-order valence-corrected chi connectivity index (χ3v) is 8.46. The van der Waals surface area contributed by atoms with Crippen molar-refractivity contribution >= 4 is 56.4 Å². The maximum absolute atomic E-state index is 14.6. The maximum Gasteiger partial charge on any atom is 0.265 e. The summed E-state index contributed by atoms with van der Waals surface area (Å²) < 4.78 is 43.3. The van der Waals surface area contributed by atoms with Crippen molar-refractivity contribution in [2.45, 2.75) is 37.8 Å². The second-order valence-corrected chi connectivity index (χ2v) is 11.0. The van der Waals surface area contributed by atoms with Crippen molar-refractivity contribution < 1.29 is 22.4 Å². The quantitative estimate of drug-likeness (QED) is 0.453. The monoisotopic (exact) mass is 549 g/mol. The summed E-state index contributed by atoms with van der Waals surface area (Å²) >= 11 is 12.0. The Kier molecular flexibility index (Phi) is 7.26. The zero-order valence-corrected chi connectivity index (χ0v) is 21.6. The van der Waals surface area contributed by atoms with Crippen molar-refractivity contribution in [2.24, 2.45) is 0 Å². The summed E-state index contributed by atoms with van der Waals surface area (Å²) in [6, 6.07) is 12.1. The fraction of sp³-hybridized carbons (Fsp3) is 0.200. The fourth-order valence-corrected chi connectivity index (χ4v) is 6.23. The number of nitrogens with zero attached hydrogens (tertiary/aromatic N) is 1. The summed E-state index contributed by atoms with van der Waals surface area (Å²) in [4.78, 5) is 25.8. The highest BCUT2D eigenvalue weighted by atomic mass is 35.5. The van der Waals surface area contributed by atoms with Gasteiger partial charge in [0.15, 0.2) is 0 Å². The number of carbonyl (C=O) groups excluding carboxylic acids is 2. The number of hydrogen-bond acceptors (Lipinski definition) is 4. The highest BCUT2D eigenvalue weighted by Gasteiger charge is 2.43. The molecule has 1 aliphatic rings. The van der Waals surface area contributed by atoms with Gasteiger partial charge in [-0.05, 0) is 66.9 Å². The number of hydrogen-bond donors (Lipinski definition) is 2. The van der Waals surface area contributed by atoms with E-state index in [9.17, 15) is 22.4 Å². The van der Waals surface area contributed by atoms with Gasteiger partial charge < -0.3 is 10.6 Å². The number of para-hydroxylation sites is 1. The summed E-state index contributed by atoms with van der Waals surface area (Å²) in [5.41, 5.74) is 1.29. The first-order valence-electron chi connectivity index (χ1n) is 10.9. The summed E-state index contributed by atoms with van der Waals surface area (Å²) in [5.74, 6) is -2.17. The van der Waals surface area contributed by atoms with Crippen LogP contribution in [0.25, 0.3) is 0 Å². The highest BCUT2D eigenvalue weighted by Crippen LogP contribution is 2.40. The third kappa shape index (κ3) is 5.04. The molecule has 4 rings (SSSR count). The van der Waals surface area contributed by atoms with Gasteiger partial charge in [0, 0.05) is 16.6 Å². The molecule has 1 aliphatic heterocycles. The van der Waals surface area contributed by atoms with Crippen molar-refractivity contribution in [3.8, 4) is 0 Å². The van der Waals surface area contributed by atoms with Gasteiger partial charge in [0.05, 0.1) is 17.0 Å². The Hall–Kier alpha value is -3.14. The molecule has 0 fully saturated rings. The molecule has 3 aromatic carbocycles. The van der Waals surface area contributed by atoms with Crippen LogP contribution in [0, 0.1) is 19.7 Å². The van der Waals surface area contributed by atoms with Crippen molar-refractivity contribution in [1.82, 2.24) is 5.32 Å². The van der Waals surface area contributed by atoms with Crippen LogP contribution in [-0.4, -0.2) is 26.3 Å². The van der Waals surface area contributed by atoms with E-state index >= 15 is 0 Å². The maximum atomic E-state index is 14.6. The Morgan fingerprint density at radius 3 is 2.47 bits per heavy atom. The topological polar surface area (TPSA) is 95.6 Å². The first-order chi connectivity index (χ1) is 17.0. The summed E-state index contributed by atoms with van der Waals surface area (Å²) in [5, 5.41) is 6.03. The van der Waals surface area contributed by atoms with Crippen molar-refractivity contribution in [2.75, 3.05) is 9.62 Å². The van der Waals surface area contributed by atoms with Gasteiger partial charge in [0.2, 0.25) is 11.8 Å². The third-order valence-electron chi connectivity index (χ3n) is 5.84. The van der Waals surface area contributed by atoms with Gasteiger partial charge in [0.1, 0.15) is 17.5 Å². The lowest BCUT2D eigenvalue weighted by molar-refractivity contribution is -0.125. The van der Waals surface area contributed by atoms with Gasteiger partial charge >= 0.3 is 0 Å². The first-order valence-corrected chi connectivity index (χ1v) is 13.1. The second kappa shape index (κ2) is 10.1. The van der Waals surface area contributed by atoms with Crippen LogP contribution in [0.2, 0.25) is 10.0 Å². The number of aryl methyl sites for hydroxylation is 2. The van der Waals surface area contributed by atoms with E-state index < -0.39 is 40.1 Å². The van der Waals surface area contributed by atoms with E-state index in [2.05, 4.69) is 10.6 Å². The van der Waals surface area contributed by atoms with Gasteiger partial charge in [-0.2, -0.15) is 0 Å². The predicted molar refractivity (Wildman–Crippen MR) is 137 cm³/mol. The van der Waals surface area contributed by atoms with Gasteiger partial charge in [-0.1, -0.05) is 41.4 Å². The molecule has 2 amide bonds. The van der Waals surface area contributed by atoms with E-state index in [1.54, 1.807) is 38.1 Å². The Morgan fingerprint density at radius 2 is 1.78 bits per heavy atom. The van der Waals surface area contributed by atoms with E-state index in [0.29, 0.717) is 21.2 Å². The number of anilines is 2. The average molecular weight is 550 g/mol. The van der Waals surface area contributed by atoms with Crippen LogP contribution in [0.5, 0.6) is 0 Å². The highest BCUT2D eigenvalue weighted by molar-refractivity contribution is 7.93. The summed E-state index contributed by atoms with van der Waals surface area (Å²) in [6.07, 6.45) is -0.486. The van der Waals surface area contributed by atoms with Crippen LogP contribution < -0.4 is 14.9 Å². The number of benzene rings is 3. The standard InChI is InChI=1S/C25H22Cl2FN3O4S/c1-14-11-22(15(2)10-18(14)27)36(34,35)31-20-5-3-4-19(28)24(20)30-25(33)21(31)12-23(32)29-13-16-6-8-17(26)9-7-16/h3-11,21H,12-13H2,1-2H3,(H,29,32)(H,30,33). The SMILES string of the molecule is Cc1cc(S(=O)(=O)N2c3cccc(F)c3NC(=O)C2CC(=O)NCc2ccc(Cl)cc2)c(C)cc1Cl.